The van der Waals surface area contributed by atoms with Gasteiger partial charge in [-0.2, -0.15) is 0 Å². The van der Waals surface area contributed by atoms with E-state index in [-0.39, 0.29) is 16.7 Å². The molecule has 0 N–H and O–H groups in total. The van der Waals surface area contributed by atoms with Crippen molar-refractivity contribution in [2.75, 3.05) is 7.11 Å². The fourth-order valence-corrected chi connectivity index (χ4v) is 2.37. The molecule has 0 unspecified atom stereocenters. The second-order valence-electron chi connectivity index (χ2n) is 4.52. The normalized spacial score (nSPS) is 13.8. The Labute approximate surface area is 125 Å². The summed E-state index contributed by atoms with van der Waals surface area (Å²) in [6, 6.07) is 10.2. The zero-order valence-corrected chi connectivity index (χ0v) is 12.7. The van der Waals surface area contributed by atoms with Gasteiger partial charge in [-0.3, -0.25) is 4.79 Å². The van der Waals surface area contributed by atoms with Crippen molar-refractivity contribution in [1.29, 1.82) is 0 Å². The lowest BCUT2D eigenvalue weighted by Crippen LogP contribution is -2.16. The number of esters is 1. The minimum Gasteiger partial charge on any atom is -0.469 e. The summed E-state index contributed by atoms with van der Waals surface area (Å²) in [5.74, 6) is -0.195. The van der Waals surface area contributed by atoms with Crippen LogP contribution in [0.4, 0.5) is 0 Å². The van der Waals surface area contributed by atoms with Gasteiger partial charge in [0.1, 0.15) is 0 Å². The van der Waals surface area contributed by atoms with E-state index in [2.05, 4.69) is 16.9 Å². The van der Waals surface area contributed by atoms with Crippen LogP contribution in [0.1, 0.15) is 31.2 Å². The van der Waals surface area contributed by atoms with Crippen molar-refractivity contribution < 1.29 is 9.53 Å². The van der Waals surface area contributed by atoms with Gasteiger partial charge in [-0.25, -0.2) is 0 Å². The van der Waals surface area contributed by atoms with Crippen molar-refractivity contribution in [3.05, 3.63) is 35.9 Å². The first-order chi connectivity index (χ1) is 9.13. The van der Waals surface area contributed by atoms with Gasteiger partial charge in [-0.05, 0) is 31.2 Å². The molecule has 0 spiro atoms. The van der Waals surface area contributed by atoms with Crippen molar-refractivity contribution in [1.82, 2.24) is 0 Å². The van der Waals surface area contributed by atoms with Crippen LogP contribution in [0.2, 0.25) is 0 Å². The van der Waals surface area contributed by atoms with Crippen LogP contribution in [0, 0.1) is 0 Å². The van der Waals surface area contributed by atoms with Crippen molar-refractivity contribution in [2.24, 2.45) is 0 Å². The highest BCUT2D eigenvalue weighted by atomic mass is 35.5. The lowest BCUT2D eigenvalue weighted by atomic mass is 10.0. The molecule has 2 nitrogen and oxygen atoms in total. The minimum absolute atomic E-state index is 0.0699. The lowest BCUT2D eigenvalue weighted by Gasteiger charge is -2.15. The monoisotopic (exact) mass is 302 g/mol. The smallest absolute Gasteiger partial charge is 0.305 e. The molecule has 1 aromatic carbocycles. The summed E-state index contributed by atoms with van der Waals surface area (Å²) in [5, 5.41) is -0.172. The molecule has 1 aromatic rings. The average Bonchev–Trinajstić information content (AvgIpc) is 2.45. The first-order valence-corrected chi connectivity index (χ1v) is 7.39. The molecule has 0 aliphatic carbocycles. The highest BCUT2D eigenvalue weighted by Gasteiger charge is 2.16. The Hall–Kier alpha value is -0.730. The fraction of sp³-hybridized carbons (Fsp3) is 0.533. The second-order valence-corrected chi connectivity index (χ2v) is 5.65. The number of carbonyl (C=O) groups excluding carboxylic acids is 1. The second kappa shape index (κ2) is 9.22. The fourth-order valence-electron chi connectivity index (χ4n) is 1.85. The van der Waals surface area contributed by atoms with Gasteiger partial charge in [0.25, 0.3) is 0 Å². The molecule has 0 amide bonds. The van der Waals surface area contributed by atoms with Crippen LogP contribution in [0.15, 0.2) is 30.3 Å². The summed E-state index contributed by atoms with van der Waals surface area (Å²) < 4.78 is 4.58. The Kier molecular flexibility index (Phi) is 7.92. The molecule has 0 fully saturated rings. The molecule has 4 heteroatoms. The van der Waals surface area contributed by atoms with Gasteiger partial charge in [0, 0.05) is 11.8 Å². The quantitative estimate of drug-likeness (QED) is 0.532. The number of halogens is 2. The van der Waals surface area contributed by atoms with Crippen LogP contribution in [0.3, 0.4) is 0 Å². The van der Waals surface area contributed by atoms with E-state index in [4.69, 9.17) is 23.2 Å². The molecule has 106 valence electrons. The van der Waals surface area contributed by atoms with E-state index < -0.39 is 0 Å². The Morgan fingerprint density at radius 3 is 2.42 bits per heavy atom. The number of ether oxygens (including phenoxy) is 1. The Balaban J connectivity index is 2.21. The molecule has 19 heavy (non-hydrogen) atoms. The summed E-state index contributed by atoms with van der Waals surface area (Å²) in [6.07, 6.45) is 3.63. The highest BCUT2D eigenvalue weighted by Crippen LogP contribution is 2.21. The van der Waals surface area contributed by atoms with Gasteiger partial charge in [-0.15, -0.1) is 23.2 Å². The number of benzene rings is 1. The van der Waals surface area contributed by atoms with E-state index in [0.717, 1.165) is 25.7 Å². The predicted octanol–water partition coefficient (Wildman–Crippen LogP) is 4.18. The van der Waals surface area contributed by atoms with Crippen LogP contribution >= 0.6 is 23.2 Å². The molecule has 0 saturated heterocycles. The third-order valence-electron chi connectivity index (χ3n) is 3.03. The largest absolute Gasteiger partial charge is 0.469 e. The number of aryl methyl sites for hydroxylation is 1. The summed E-state index contributed by atoms with van der Waals surface area (Å²) in [7, 11) is 1.39. The van der Waals surface area contributed by atoms with Gasteiger partial charge in [0.2, 0.25) is 0 Å². The van der Waals surface area contributed by atoms with Crippen molar-refractivity contribution in [2.45, 2.75) is 42.9 Å². The van der Waals surface area contributed by atoms with E-state index in [1.54, 1.807) is 0 Å². The third kappa shape index (κ3) is 6.84. The number of hydrogen-bond donors (Lipinski definition) is 0. The highest BCUT2D eigenvalue weighted by molar-refractivity contribution is 6.29. The minimum atomic E-state index is -0.195. The first kappa shape index (κ1) is 16.3. The summed E-state index contributed by atoms with van der Waals surface area (Å²) in [5.41, 5.74) is 1.27. The molecule has 0 aliphatic heterocycles. The lowest BCUT2D eigenvalue weighted by molar-refractivity contribution is -0.140. The molecule has 0 radical (unpaired) electrons. The van der Waals surface area contributed by atoms with Gasteiger partial charge < -0.3 is 4.74 Å². The maximum absolute atomic E-state index is 11.0. The first-order valence-electron chi connectivity index (χ1n) is 6.52. The van der Waals surface area contributed by atoms with Gasteiger partial charge in [0.05, 0.1) is 12.5 Å². The number of alkyl halides is 2. The van der Waals surface area contributed by atoms with Crippen molar-refractivity contribution in [3.8, 4) is 0 Å². The number of methoxy groups -OCH3 is 1. The zero-order valence-electron chi connectivity index (χ0n) is 11.1. The van der Waals surface area contributed by atoms with Gasteiger partial charge >= 0.3 is 5.97 Å². The Morgan fingerprint density at radius 2 is 1.79 bits per heavy atom. The SMILES string of the molecule is COC(=O)CCC[C@@H](Cl)[C@@H](Cl)CCc1ccccc1. The number of rotatable bonds is 8. The molecule has 2 atom stereocenters. The molecule has 1 rings (SSSR count). The topological polar surface area (TPSA) is 26.3 Å². The number of carbonyl (C=O) groups is 1. The van der Waals surface area contributed by atoms with Crippen molar-refractivity contribution in [3.63, 3.8) is 0 Å². The van der Waals surface area contributed by atoms with E-state index in [1.165, 1.54) is 12.7 Å². The van der Waals surface area contributed by atoms with Gasteiger partial charge in [-0.1, -0.05) is 30.3 Å². The zero-order chi connectivity index (χ0) is 14.1. The van der Waals surface area contributed by atoms with Crippen LogP contribution in [-0.2, 0) is 16.0 Å². The summed E-state index contributed by atoms with van der Waals surface area (Å²) in [6.45, 7) is 0. The average molecular weight is 303 g/mol. The Morgan fingerprint density at radius 1 is 1.16 bits per heavy atom. The molecule has 0 aliphatic rings. The predicted molar refractivity (Wildman–Crippen MR) is 79.9 cm³/mol. The van der Waals surface area contributed by atoms with E-state index in [9.17, 15) is 4.79 Å². The standard InChI is InChI=1S/C15H20Cl2O2/c1-19-15(18)9-5-8-13(16)14(17)11-10-12-6-3-2-4-7-12/h2-4,6-7,13-14H,5,8-11H2,1H3/t13-,14+/m1/s1. The Bertz CT molecular complexity index is 368. The summed E-state index contributed by atoms with van der Waals surface area (Å²) in [4.78, 5) is 11.0. The van der Waals surface area contributed by atoms with Crippen LogP contribution in [0.25, 0.3) is 0 Å². The van der Waals surface area contributed by atoms with Crippen molar-refractivity contribution >= 4 is 29.2 Å². The van der Waals surface area contributed by atoms with E-state index >= 15 is 0 Å². The maximum Gasteiger partial charge on any atom is 0.305 e. The molecular weight excluding hydrogens is 283 g/mol. The molecule has 0 aromatic heterocycles. The van der Waals surface area contributed by atoms with E-state index in [0.29, 0.717) is 6.42 Å². The molecule has 0 heterocycles. The van der Waals surface area contributed by atoms with Crippen LogP contribution in [0.5, 0.6) is 0 Å². The number of hydrogen-bond acceptors (Lipinski definition) is 2. The molecular formula is C15H20Cl2O2. The van der Waals surface area contributed by atoms with E-state index in [1.807, 2.05) is 18.2 Å². The third-order valence-corrected chi connectivity index (χ3v) is 4.21. The molecule has 0 saturated carbocycles. The summed E-state index contributed by atoms with van der Waals surface area (Å²) >= 11 is 12.5. The maximum atomic E-state index is 11.0. The van der Waals surface area contributed by atoms with Gasteiger partial charge in [0.15, 0.2) is 0 Å². The van der Waals surface area contributed by atoms with Crippen LogP contribution in [-0.4, -0.2) is 23.8 Å². The van der Waals surface area contributed by atoms with Crippen LogP contribution < -0.4 is 0 Å². The molecule has 0 bridgehead atoms.